The van der Waals surface area contributed by atoms with Crippen LogP contribution in [0.15, 0.2) is 12.1 Å². The van der Waals surface area contributed by atoms with Crippen molar-refractivity contribution in [2.24, 2.45) is 0 Å². The summed E-state index contributed by atoms with van der Waals surface area (Å²) in [5.74, 6) is -0.232. The first-order valence-corrected chi connectivity index (χ1v) is 6.17. The number of nitro benzene ring substituents is 1. The Morgan fingerprint density at radius 3 is 2.00 bits per heavy atom. The largest absolute Gasteiger partial charge is 0.502 e. The lowest BCUT2D eigenvalue weighted by atomic mass is 9.63. The molecule has 0 heterocycles. The molecule has 0 aromatic heterocycles. The zero-order valence-electron chi connectivity index (χ0n) is 11.3. The minimum atomic E-state index is -0.521. The van der Waals surface area contributed by atoms with Crippen LogP contribution in [0.3, 0.4) is 0 Å². The predicted octanol–water partition coefficient (Wildman–Crippen LogP) is 3.65. The molecule has 0 amide bonds. The summed E-state index contributed by atoms with van der Waals surface area (Å²) in [5, 5.41) is 20.7. The number of aromatic hydroxyl groups is 1. The number of phenols is 1. The Morgan fingerprint density at radius 1 is 1.11 bits per heavy atom. The van der Waals surface area contributed by atoms with Crippen molar-refractivity contribution in [3.8, 4) is 5.75 Å². The SMILES string of the molecule is CC1(C)CCC(C)(C)c2cc([N+](=O)[O-])c(O)cc21. The number of fused-ring (bicyclic) bond motifs is 1. The molecule has 0 fully saturated rings. The molecular formula is C14H19NO3. The molecular weight excluding hydrogens is 230 g/mol. The molecule has 2 rings (SSSR count). The lowest BCUT2D eigenvalue weighted by molar-refractivity contribution is -0.386. The van der Waals surface area contributed by atoms with Crippen molar-refractivity contribution in [3.05, 3.63) is 33.4 Å². The van der Waals surface area contributed by atoms with Crippen LogP contribution in [-0.2, 0) is 10.8 Å². The zero-order valence-corrected chi connectivity index (χ0v) is 11.3. The number of hydrogen-bond acceptors (Lipinski definition) is 3. The Bertz CT molecular complexity index is 518. The maximum atomic E-state index is 10.9. The molecule has 0 radical (unpaired) electrons. The number of nitrogens with zero attached hydrogens (tertiary/aromatic N) is 1. The van der Waals surface area contributed by atoms with Gasteiger partial charge in [0.15, 0.2) is 5.75 Å². The number of hydrogen-bond donors (Lipinski definition) is 1. The summed E-state index contributed by atoms with van der Waals surface area (Å²) in [7, 11) is 0. The third-order valence-electron chi connectivity index (χ3n) is 4.14. The molecule has 1 aromatic rings. The van der Waals surface area contributed by atoms with Gasteiger partial charge in [0.05, 0.1) is 4.92 Å². The lowest BCUT2D eigenvalue weighted by Crippen LogP contribution is -2.33. The Kier molecular flexibility index (Phi) is 2.65. The van der Waals surface area contributed by atoms with Crippen molar-refractivity contribution in [2.75, 3.05) is 0 Å². The zero-order chi connectivity index (χ0) is 13.7. The summed E-state index contributed by atoms with van der Waals surface area (Å²) in [6.45, 7) is 8.43. The van der Waals surface area contributed by atoms with Crippen LogP contribution in [0.2, 0.25) is 0 Å². The van der Waals surface area contributed by atoms with Crippen LogP contribution in [0, 0.1) is 10.1 Å². The molecule has 0 spiro atoms. The average Bonchev–Trinajstić information content (AvgIpc) is 2.24. The van der Waals surface area contributed by atoms with Crippen LogP contribution in [0.25, 0.3) is 0 Å². The predicted molar refractivity (Wildman–Crippen MR) is 70.0 cm³/mol. The molecule has 1 aliphatic carbocycles. The fraction of sp³-hybridized carbons (Fsp3) is 0.571. The van der Waals surface area contributed by atoms with Crippen LogP contribution in [0.1, 0.15) is 51.7 Å². The maximum absolute atomic E-state index is 10.9. The van der Waals surface area contributed by atoms with Crippen molar-refractivity contribution in [3.63, 3.8) is 0 Å². The third kappa shape index (κ3) is 1.85. The molecule has 18 heavy (non-hydrogen) atoms. The van der Waals surface area contributed by atoms with Gasteiger partial charge in [-0.3, -0.25) is 10.1 Å². The van der Waals surface area contributed by atoms with Crippen LogP contribution < -0.4 is 0 Å². The van der Waals surface area contributed by atoms with Crippen molar-refractivity contribution in [2.45, 2.75) is 51.4 Å². The average molecular weight is 249 g/mol. The highest BCUT2D eigenvalue weighted by Gasteiger charge is 2.39. The standard InChI is InChI=1S/C14H19NO3/c1-13(2)5-6-14(3,4)10-8-12(16)11(15(17)18)7-9(10)13/h7-8,16H,5-6H2,1-4H3. The molecule has 1 aromatic carbocycles. The molecule has 1 aliphatic rings. The Labute approximate surface area is 107 Å². The molecule has 4 heteroatoms. The van der Waals surface area contributed by atoms with E-state index in [-0.39, 0.29) is 22.3 Å². The van der Waals surface area contributed by atoms with E-state index in [1.165, 1.54) is 0 Å². The summed E-state index contributed by atoms with van der Waals surface area (Å²) in [6, 6.07) is 3.12. The lowest BCUT2D eigenvalue weighted by Gasteiger charge is -2.41. The summed E-state index contributed by atoms with van der Waals surface area (Å²) < 4.78 is 0. The summed E-state index contributed by atoms with van der Waals surface area (Å²) in [5.41, 5.74) is 1.70. The summed E-state index contributed by atoms with van der Waals surface area (Å²) in [6.07, 6.45) is 2.01. The van der Waals surface area contributed by atoms with E-state index in [1.54, 1.807) is 12.1 Å². The molecule has 0 atom stereocenters. The van der Waals surface area contributed by atoms with Crippen molar-refractivity contribution < 1.29 is 10.0 Å². The second kappa shape index (κ2) is 3.70. The van der Waals surface area contributed by atoms with E-state index in [0.717, 1.165) is 24.0 Å². The Morgan fingerprint density at radius 2 is 1.56 bits per heavy atom. The minimum absolute atomic E-state index is 0.0442. The van der Waals surface area contributed by atoms with Crippen LogP contribution in [0.5, 0.6) is 5.75 Å². The van der Waals surface area contributed by atoms with Gasteiger partial charge in [-0.2, -0.15) is 0 Å². The molecule has 1 N–H and O–H groups in total. The van der Waals surface area contributed by atoms with E-state index < -0.39 is 4.92 Å². The van der Waals surface area contributed by atoms with E-state index in [9.17, 15) is 15.2 Å². The van der Waals surface area contributed by atoms with Crippen molar-refractivity contribution >= 4 is 5.69 Å². The topological polar surface area (TPSA) is 63.4 Å². The molecule has 98 valence electrons. The van der Waals surface area contributed by atoms with Gasteiger partial charge in [-0.25, -0.2) is 0 Å². The van der Waals surface area contributed by atoms with E-state index in [4.69, 9.17) is 0 Å². The highest BCUT2D eigenvalue weighted by molar-refractivity contribution is 5.56. The van der Waals surface area contributed by atoms with E-state index >= 15 is 0 Å². The number of rotatable bonds is 1. The first-order chi connectivity index (χ1) is 8.15. The number of benzene rings is 1. The van der Waals surface area contributed by atoms with Gasteiger partial charge in [0.2, 0.25) is 0 Å². The maximum Gasteiger partial charge on any atom is 0.311 e. The first kappa shape index (κ1) is 12.9. The fourth-order valence-corrected chi connectivity index (χ4v) is 2.74. The quantitative estimate of drug-likeness (QED) is 0.610. The molecule has 0 aliphatic heterocycles. The van der Waals surface area contributed by atoms with Gasteiger partial charge in [0.25, 0.3) is 0 Å². The van der Waals surface area contributed by atoms with Crippen LogP contribution >= 0.6 is 0 Å². The minimum Gasteiger partial charge on any atom is -0.502 e. The second-order valence-electron chi connectivity index (χ2n) is 6.41. The van der Waals surface area contributed by atoms with E-state index in [1.807, 2.05) is 0 Å². The van der Waals surface area contributed by atoms with E-state index in [0.29, 0.717) is 0 Å². The van der Waals surface area contributed by atoms with Gasteiger partial charge in [-0.05, 0) is 40.9 Å². The van der Waals surface area contributed by atoms with Gasteiger partial charge in [-0.15, -0.1) is 0 Å². The fourth-order valence-electron chi connectivity index (χ4n) is 2.74. The van der Waals surface area contributed by atoms with Gasteiger partial charge in [0.1, 0.15) is 0 Å². The third-order valence-corrected chi connectivity index (χ3v) is 4.14. The first-order valence-electron chi connectivity index (χ1n) is 6.17. The molecule has 0 saturated carbocycles. The second-order valence-corrected chi connectivity index (χ2v) is 6.41. The van der Waals surface area contributed by atoms with Gasteiger partial charge in [0, 0.05) is 6.07 Å². The Balaban J connectivity index is 2.73. The van der Waals surface area contributed by atoms with Gasteiger partial charge < -0.3 is 5.11 Å². The van der Waals surface area contributed by atoms with Crippen molar-refractivity contribution in [1.29, 1.82) is 0 Å². The van der Waals surface area contributed by atoms with E-state index in [2.05, 4.69) is 27.7 Å². The monoisotopic (exact) mass is 249 g/mol. The highest BCUT2D eigenvalue weighted by Crippen LogP contribution is 2.48. The van der Waals surface area contributed by atoms with Gasteiger partial charge >= 0.3 is 5.69 Å². The Hall–Kier alpha value is -1.58. The summed E-state index contributed by atoms with van der Waals surface area (Å²) in [4.78, 5) is 10.4. The van der Waals surface area contributed by atoms with Gasteiger partial charge in [-0.1, -0.05) is 27.7 Å². The summed E-state index contributed by atoms with van der Waals surface area (Å²) >= 11 is 0. The highest BCUT2D eigenvalue weighted by atomic mass is 16.6. The smallest absolute Gasteiger partial charge is 0.311 e. The molecule has 0 unspecified atom stereocenters. The van der Waals surface area contributed by atoms with Crippen LogP contribution in [0.4, 0.5) is 5.69 Å². The normalized spacial score (nSPS) is 20.2. The molecule has 0 bridgehead atoms. The number of phenolic OH excluding ortho intramolecular Hbond substituents is 1. The van der Waals surface area contributed by atoms with Crippen molar-refractivity contribution in [1.82, 2.24) is 0 Å². The molecule has 0 saturated heterocycles. The number of nitro groups is 1. The molecule has 4 nitrogen and oxygen atoms in total. The van der Waals surface area contributed by atoms with Crippen LogP contribution in [-0.4, -0.2) is 10.0 Å².